The van der Waals surface area contributed by atoms with Gasteiger partial charge in [-0.3, -0.25) is 9.59 Å². The smallest absolute Gasteiger partial charge is 0.337 e. The molecular weight excluding hydrogens is 253 g/mol. The molecule has 0 atom stereocenters. The summed E-state index contributed by atoms with van der Waals surface area (Å²) in [7, 11) is 0. The predicted molar refractivity (Wildman–Crippen MR) is 64.2 cm³/mol. The van der Waals surface area contributed by atoms with Crippen molar-refractivity contribution in [2.75, 3.05) is 4.90 Å². The number of nitrogens with zero attached hydrogens (tertiary/aromatic N) is 1. The number of hydrogen-bond acceptors (Lipinski definition) is 3. The number of imide groups is 1. The van der Waals surface area contributed by atoms with Gasteiger partial charge in [-0.2, -0.15) is 0 Å². The number of amides is 2. The molecular formula is C13H10FNO4. The number of rotatable bonds is 2. The minimum Gasteiger partial charge on any atom is -0.478 e. The molecule has 1 heterocycles. The molecule has 19 heavy (non-hydrogen) atoms. The SMILES string of the molecule is CC1=C(C)C(=O)N(c2cc(F)ccc2C(=O)O)C1=O. The van der Waals surface area contributed by atoms with Crippen molar-refractivity contribution >= 4 is 23.5 Å². The Labute approximate surface area is 107 Å². The molecule has 0 aromatic heterocycles. The van der Waals surface area contributed by atoms with Gasteiger partial charge in [0.15, 0.2) is 0 Å². The lowest BCUT2D eigenvalue weighted by atomic mass is 10.1. The van der Waals surface area contributed by atoms with Crippen LogP contribution in [0.1, 0.15) is 24.2 Å². The maximum absolute atomic E-state index is 13.3. The van der Waals surface area contributed by atoms with E-state index in [1.54, 1.807) is 0 Å². The average Bonchev–Trinajstić information content (AvgIpc) is 2.53. The van der Waals surface area contributed by atoms with E-state index >= 15 is 0 Å². The second-order valence-corrected chi connectivity index (χ2v) is 4.16. The number of carbonyl (C=O) groups excluding carboxylic acids is 2. The van der Waals surface area contributed by atoms with Gasteiger partial charge in [0.05, 0.1) is 11.3 Å². The molecule has 0 saturated heterocycles. The molecule has 0 spiro atoms. The van der Waals surface area contributed by atoms with Crippen LogP contribution in [0, 0.1) is 5.82 Å². The Balaban J connectivity index is 2.61. The number of benzene rings is 1. The van der Waals surface area contributed by atoms with Crippen molar-refractivity contribution in [1.29, 1.82) is 0 Å². The summed E-state index contributed by atoms with van der Waals surface area (Å²) in [4.78, 5) is 35.7. The molecule has 0 radical (unpaired) electrons. The van der Waals surface area contributed by atoms with Crippen LogP contribution in [0.3, 0.4) is 0 Å². The summed E-state index contributed by atoms with van der Waals surface area (Å²) in [6.45, 7) is 2.94. The number of aromatic carboxylic acids is 1. The van der Waals surface area contributed by atoms with Gasteiger partial charge in [-0.25, -0.2) is 14.1 Å². The molecule has 1 N–H and O–H groups in total. The standard InChI is InChI=1S/C13H10FNO4/c1-6-7(2)12(17)15(11(6)16)10-5-8(14)3-4-9(10)13(18)19/h3-5H,1-2H3,(H,18,19). The van der Waals surface area contributed by atoms with Gasteiger partial charge >= 0.3 is 5.97 Å². The van der Waals surface area contributed by atoms with E-state index < -0.39 is 23.6 Å². The summed E-state index contributed by atoms with van der Waals surface area (Å²) >= 11 is 0. The Kier molecular flexibility index (Phi) is 2.94. The van der Waals surface area contributed by atoms with Crippen LogP contribution in [-0.2, 0) is 9.59 Å². The zero-order valence-electron chi connectivity index (χ0n) is 10.2. The first-order valence-corrected chi connectivity index (χ1v) is 5.43. The molecule has 0 aliphatic carbocycles. The van der Waals surface area contributed by atoms with Gasteiger partial charge in [0.1, 0.15) is 5.82 Å². The number of halogens is 1. The zero-order chi connectivity index (χ0) is 14.3. The van der Waals surface area contributed by atoms with Crippen molar-refractivity contribution in [2.45, 2.75) is 13.8 Å². The fourth-order valence-corrected chi connectivity index (χ4v) is 1.84. The number of hydrogen-bond donors (Lipinski definition) is 1. The van der Waals surface area contributed by atoms with Crippen LogP contribution < -0.4 is 4.90 Å². The third kappa shape index (κ3) is 1.91. The minimum atomic E-state index is -1.34. The predicted octanol–water partition coefficient (Wildman–Crippen LogP) is 1.73. The van der Waals surface area contributed by atoms with Gasteiger partial charge in [-0.15, -0.1) is 0 Å². The monoisotopic (exact) mass is 263 g/mol. The minimum absolute atomic E-state index is 0.227. The molecule has 0 saturated carbocycles. The topological polar surface area (TPSA) is 74.7 Å². The van der Waals surface area contributed by atoms with Gasteiger partial charge in [-0.05, 0) is 32.0 Å². The molecule has 1 aliphatic heterocycles. The normalized spacial score (nSPS) is 15.4. The number of carbonyl (C=O) groups is 3. The van der Waals surface area contributed by atoms with Crippen LogP contribution in [0.5, 0.6) is 0 Å². The van der Waals surface area contributed by atoms with Crippen molar-refractivity contribution in [3.8, 4) is 0 Å². The molecule has 5 nitrogen and oxygen atoms in total. The molecule has 1 aromatic carbocycles. The summed E-state index contributed by atoms with van der Waals surface area (Å²) in [6, 6.07) is 2.85. The Hall–Kier alpha value is -2.50. The molecule has 0 fully saturated rings. The van der Waals surface area contributed by atoms with Gasteiger partial charge < -0.3 is 5.11 Å². The highest BCUT2D eigenvalue weighted by atomic mass is 19.1. The number of carboxylic acids is 1. The molecule has 1 aromatic rings. The lowest BCUT2D eigenvalue weighted by Crippen LogP contribution is -2.32. The van der Waals surface area contributed by atoms with E-state index in [4.69, 9.17) is 5.11 Å². The van der Waals surface area contributed by atoms with E-state index in [1.165, 1.54) is 13.8 Å². The summed E-state index contributed by atoms with van der Waals surface area (Å²) in [5.41, 5.74) is -0.0968. The van der Waals surface area contributed by atoms with Crippen molar-refractivity contribution in [2.24, 2.45) is 0 Å². The third-order valence-electron chi connectivity index (χ3n) is 3.04. The van der Waals surface area contributed by atoms with Gasteiger partial charge in [0, 0.05) is 11.1 Å². The van der Waals surface area contributed by atoms with Crippen LogP contribution >= 0.6 is 0 Å². The highest BCUT2D eigenvalue weighted by molar-refractivity contribution is 6.33. The van der Waals surface area contributed by atoms with E-state index in [0.29, 0.717) is 4.90 Å². The summed E-state index contributed by atoms with van der Waals surface area (Å²) in [6.07, 6.45) is 0. The second-order valence-electron chi connectivity index (χ2n) is 4.16. The molecule has 98 valence electrons. The van der Waals surface area contributed by atoms with Crippen LogP contribution in [0.4, 0.5) is 10.1 Å². The Morgan fingerprint density at radius 1 is 1.16 bits per heavy atom. The van der Waals surface area contributed by atoms with Crippen LogP contribution in [-0.4, -0.2) is 22.9 Å². The molecule has 1 aliphatic rings. The summed E-state index contributed by atoms with van der Waals surface area (Å²) in [5, 5.41) is 9.04. The largest absolute Gasteiger partial charge is 0.478 e. The molecule has 6 heteroatoms. The van der Waals surface area contributed by atoms with E-state index in [0.717, 1.165) is 18.2 Å². The first kappa shape index (κ1) is 12.9. The number of anilines is 1. The van der Waals surface area contributed by atoms with Gasteiger partial charge in [0.25, 0.3) is 11.8 Å². The van der Waals surface area contributed by atoms with Crippen molar-refractivity contribution in [3.05, 3.63) is 40.7 Å². The van der Waals surface area contributed by atoms with E-state index in [-0.39, 0.29) is 22.4 Å². The zero-order valence-corrected chi connectivity index (χ0v) is 10.2. The highest BCUT2D eigenvalue weighted by Gasteiger charge is 2.36. The van der Waals surface area contributed by atoms with E-state index in [9.17, 15) is 18.8 Å². The third-order valence-corrected chi connectivity index (χ3v) is 3.04. The Morgan fingerprint density at radius 2 is 1.68 bits per heavy atom. The summed E-state index contributed by atoms with van der Waals surface area (Å²) < 4.78 is 13.3. The first-order valence-electron chi connectivity index (χ1n) is 5.43. The highest BCUT2D eigenvalue weighted by Crippen LogP contribution is 2.30. The molecule has 0 bridgehead atoms. The van der Waals surface area contributed by atoms with Crippen LogP contribution in [0.25, 0.3) is 0 Å². The number of carboxylic acid groups (broad SMARTS) is 1. The van der Waals surface area contributed by atoms with Crippen molar-refractivity contribution in [3.63, 3.8) is 0 Å². The summed E-state index contributed by atoms with van der Waals surface area (Å²) in [5.74, 6) is -3.31. The lowest BCUT2D eigenvalue weighted by Gasteiger charge is -2.17. The van der Waals surface area contributed by atoms with E-state index in [1.807, 2.05) is 0 Å². The van der Waals surface area contributed by atoms with Crippen LogP contribution in [0.2, 0.25) is 0 Å². The van der Waals surface area contributed by atoms with Gasteiger partial charge in [0.2, 0.25) is 0 Å². The quantitative estimate of drug-likeness (QED) is 0.824. The average molecular weight is 263 g/mol. The molecule has 2 amide bonds. The maximum Gasteiger partial charge on any atom is 0.337 e. The van der Waals surface area contributed by atoms with E-state index in [2.05, 4.69) is 0 Å². The lowest BCUT2D eigenvalue weighted by molar-refractivity contribution is -0.120. The fourth-order valence-electron chi connectivity index (χ4n) is 1.84. The molecule has 0 unspecified atom stereocenters. The van der Waals surface area contributed by atoms with Crippen LogP contribution in [0.15, 0.2) is 29.3 Å². The van der Waals surface area contributed by atoms with Crippen molar-refractivity contribution < 1.29 is 23.9 Å². The van der Waals surface area contributed by atoms with Crippen molar-refractivity contribution in [1.82, 2.24) is 0 Å². The second kappa shape index (κ2) is 4.31. The maximum atomic E-state index is 13.3. The molecule has 2 rings (SSSR count). The van der Waals surface area contributed by atoms with Gasteiger partial charge in [-0.1, -0.05) is 0 Å². The fraction of sp³-hybridized carbons (Fsp3) is 0.154. The Bertz CT molecular complexity index is 624. The Morgan fingerprint density at radius 3 is 2.16 bits per heavy atom. The first-order chi connectivity index (χ1) is 8.84.